The van der Waals surface area contributed by atoms with Crippen LogP contribution in [0.25, 0.3) is 11.2 Å². The number of amides is 2. The van der Waals surface area contributed by atoms with Crippen molar-refractivity contribution in [2.24, 2.45) is 0 Å². The van der Waals surface area contributed by atoms with Crippen molar-refractivity contribution >= 4 is 29.0 Å². The Morgan fingerprint density at radius 2 is 1.97 bits per heavy atom. The van der Waals surface area contributed by atoms with Gasteiger partial charge in [-0.05, 0) is 34.1 Å². The quantitative estimate of drug-likeness (QED) is 0.434. The highest BCUT2D eigenvalue weighted by atomic mass is 16.6. The summed E-state index contributed by atoms with van der Waals surface area (Å²) in [5.41, 5.74) is 5.91. The van der Waals surface area contributed by atoms with E-state index in [2.05, 4.69) is 25.6 Å². The van der Waals surface area contributed by atoms with Gasteiger partial charge in [0.2, 0.25) is 5.91 Å². The van der Waals surface area contributed by atoms with E-state index in [0.717, 1.165) is 0 Å². The predicted octanol–water partition coefficient (Wildman–Crippen LogP) is -0.527. The third-order valence-electron chi connectivity index (χ3n) is 4.85. The molecule has 2 amide bonds. The lowest BCUT2D eigenvalue weighted by Crippen LogP contribution is -2.51. The maximum Gasteiger partial charge on any atom is 0.408 e. The molecule has 0 radical (unpaired) electrons. The topological polar surface area (TPSA) is 178 Å². The Morgan fingerprint density at radius 3 is 2.63 bits per heavy atom. The van der Waals surface area contributed by atoms with E-state index >= 15 is 0 Å². The molecule has 3 rings (SSSR count). The molecule has 1 saturated carbocycles. The first-order chi connectivity index (χ1) is 14.0. The molecule has 1 aliphatic carbocycles. The van der Waals surface area contributed by atoms with E-state index in [0.29, 0.717) is 11.2 Å². The number of rotatable bonds is 4. The van der Waals surface area contributed by atoms with Gasteiger partial charge in [-0.3, -0.25) is 4.79 Å². The van der Waals surface area contributed by atoms with Crippen LogP contribution in [0.3, 0.4) is 0 Å². The Hall–Kier alpha value is -2.99. The largest absolute Gasteiger partial charge is 0.444 e. The molecule has 5 atom stereocenters. The lowest BCUT2D eigenvalue weighted by Gasteiger charge is -2.23. The Morgan fingerprint density at radius 1 is 1.27 bits per heavy atom. The van der Waals surface area contributed by atoms with Gasteiger partial charge in [0.15, 0.2) is 11.5 Å². The van der Waals surface area contributed by atoms with Gasteiger partial charge in [0.25, 0.3) is 0 Å². The van der Waals surface area contributed by atoms with Gasteiger partial charge < -0.3 is 35.9 Å². The van der Waals surface area contributed by atoms with E-state index in [-0.39, 0.29) is 12.2 Å². The molecule has 0 saturated heterocycles. The van der Waals surface area contributed by atoms with Gasteiger partial charge >= 0.3 is 6.09 Å². The van der Waals surface area contributed by atoms with Crippen LogP contribution in [0.4, 0.5) is 10.6 Å². The number of hydrogen-bond acceptors (Lipinski definition) is 9. The highest BCUT2D eigenvalue weighted by molar-refractivity contribution is 5.85. The standard InChI is InChI=1S/C18H27N7O5/c1-8(23-17(29)30-18(2,3)4)16(28)24-9-5-10(13(27)12(9)26)25-7-22-11-14(19)20-6-21-15(11)25/h6-10,12-13,26-27H,5H2,1-4H3,(H,23,29)(H,24,28)(H2,19,20,21)/t8-,9-,10+,12+,13-/m0/s1. The highest BCUT2D eigenvalue weighted by Gasteiger charge is 2.44. The first kappa shape index (κ1) is 21.7. The van der Waals surface area contributed by atoms with Crippen LogP contribution >= 0.6 is 0 Å². The summed E-state index contributed by atoms with van der Waals surface area (Å²) in [6, 6.07) is -2.22. The van der Waals surface area contributed by atoms with Crippen LogP contribution in [0.2, 0.25) is 0 Å². The van der Waals surface area contributed by atoms with Crippen molar-refractivity contribution in [1.82, 2.24) is 30.2 Å². The first-order valence-electron chi connectivity index (χ1n) is 9.57. The van der Waals surface area contributed by atoms with Gasteiger partial charge in [0, 0.05) is 0 Å². The molecule has 2 heterocycles. The Labute approximate surface area is 172 Å². The molecule has 0 aliphatic heterocycles. The molecule has 2 aromatic rings. The molecule has 0 spiro atoms. The fraction of sp³-hybridized carbons (Fsp3) is 0.611. The number of nitrogen functional groups attached to an aromatic ring is 1. The number of nitrogens with one attached hydrogen (secondary N) is 2. The lowest BCUT2D eigenvalue weighted by atomic mass is 10.2. The maximum atomic E-state index is 12.5. The van der Waals surface area contributed by atoms with E-state index in [1.807, 2.05) is 0 Å². The van der Waals surface area contributed by atoms with Crippen molar-refractivity contribution in [3.8, 4) is 0 Å². The Kier molecular flexibility index (Phi) is 5.81. The van der Waals surface area contributed by atoms with Crippen LogP contribution in [-0.2, 0) is 9.53 Å². The molecule has 0 bridgehead atoms. The molecule has 1 aliphatic rings. The molecule has 30 heavy (non-hydrogen) atoms. The average Bonchev–Trinajstić information content (AvgIpc) is 3.17. The zero-order chi connectivity index (χ0) is 22.2. The van der Waals surface area contributed by atoms with Crippen LogP contribution in [0, 0.1) is 0 Å². The van der Waals surface area contributed by atoms with Gasteiger partial charge in [-0.15, -0.1) is 0 Å². The summed E-state index contributed by atoms with van der Waals surface area (Å²) < 4.78 is 6.74. The molecule has 6 N–H and O–H groups in total. The molecular formula is C18H27N7O5. The van der Waals surface area contributed by atoms with E-state index in [1.54, 1.807) is 25.3 Å². The number of aromatic nitrogens is 4. The minimum Gasteiger partial charge on any atom is -0.444 e. The Balaban J connectivity index is 1.67. The second-order valence-electron chi connectivity index (χ2n) is 8.35. The van der Waals surface area contributed by atoms with E-state index in [9.17, 15) is 19.8 Å². The molecule has 2 aromatic heterocycles. The zero-order valence-corrected chi connectivity index (χ0v) is 17.2. The number of hydrogen-bond donors (Lipinski definition) is 5. The smallest absolute Gasteiger partial charge is 0.408 e. The predicted molar refractivity (Wildman–Crippen MR) is 106 cm³/mol. The van der Waals surface area contributed by atoms with E-state index < -0.39 is 47.9 Å². The van der Waals surface area contributed by atoms with Crippen molar-refractivity contribution in [3.63, 3.8) is 0 Å². The maximum absolute atomic E-state index is 12.5. The number of anilines is 1. The number of nitrogens with two attached hydrogens (primary N) is 1. The molecule has 164 valence electrons. The number of ether oxygens (including phenoxy) is 1. The second kappa shape index (κ2) is 8.03. The number of carbonyl (C=O) groups is 2. The van der Waals surface area contributed by atoms with Gasteiger partial charge in [-0.2, -0.15) is 0 Å². The average molecular weight is 421 g/mol. The fourth-order valence-corrected chi connectivity index (χ4v) is 3.40. The SMILES string of the molecule is C[C@H](NC(=O)OC(C)(C)C)C(=O)N[C@H]1C[C@@H](n2cnc3c(N)ncnc32)[C@H](O)[C@@H]1O. The summed E-state index contributed by atoms with van der Waals surface area (Å²) in [5, 5.41) is 26.1. The summed E-state index contributed by atoms with van der Waals surface area (Å²) in [4.78, 5) is 36.5. The number of fused-ring (bicyclic) bond motifs is 1. The number of aliphatic hydroxyl groups excluding tert-OH is 2. The van der Waals surface area contributed by atoms with Crippen LogP contribution in [0.15, 0.2) is 12.7 Å². The third-order valence-corrected chi connectivity index (χ3v) is 4.85. The van der Waals surface area contributed by atoms with Crippen LogP contribution < -0.4 is 16.4 Å². The van der Waals surface area contributed by atoms with E-state index in [4.69, 9.17) is 10.5 Å². The first-order valence-corrected chi connectivity index (χ1v) is 9.57. The number of imidazole rings is 1. The normalized spacial score (nSPS) is 25.1. The van der Waals surface area contributed by atoms with Crippen LogP contribution in [-0.4, -0.2) is 71.6 Å². The minimum atomic E-state index is -1.22. The van der Waals surface area contributed by atoms with E-state index in [1.165, 1.54) is 19.6 Å². The molecule has 0 aromatic carbocycles. The van der Waals surface area contributed by atoms with Crippen LogP contribution in [0.5, 0.6) is 0 Å². The summed E-state index contributed by atoms with van der Waals surface area (Å²) >= 11 is 0. The highest BCUT2D eigenvalue weighted by Crippen LogP contribution is 2.33. The number of carbonyl (C=O) groups excluding carboxylic acids is 2. The Bertz CT molecular complexity index is 941. The van der Waals surface area contributed by atoms with Gasteiger partial charge in [0.1, 0.15) is 35.7 Å². The summed E-state index contributed by atoms with van der Waals surface area (Å²) in [6.07, 6.45) is -0.133. The van der Waals surface area contributed by atoms with Gasteiger partial charge in [0.05, 0.1) is 18.4 Å². The molecular weight excluding hydrogens is 394 g/mol. The third kappa shape index (κ3) is 4.44. The number of nitrogens with zero attached hydrogens (tertiary/aromatic N) is 4. The monoisotopic (exact) mass is 421 g/mol. The molecule has 1 fully saturated rings. The zero-order valence-electron chi connectivity index (χ0n) is 17.2. The van der Waals surface area contributed by atoms with Crippen molar-refractivity contribution in [1.29, 1.82) is 0 Å². The summed E-state index contributed by atoms with van der Waals surface area (Å²) in [7, 11) is 0. The number of aliphatic hydroxyl groups is 2. The molecule has 0 unspecified atom stereocenters. The van der Waals surface area contributed by atoms with Crippen molar-refractivity contribution in [2.75, 3.05) is 5.73 Å². The fourth-order valence-electron chi connectivity index (χ4n) is 3.40. The van der Waals surface area contributed by atoms with Gasteiger partial charge in [-0.1, -0.05) is 0 Å². The van der Waals surface area contributed by atoms with Crippen molar-refractivity contribution in [2.45, 2.75) is 70.1 Å². The summed E-state index contributed by atoms with van der Waals surface area (Å²) in [5.74, 6) is -0.307. The van der Waals surface area contributed by atoms with Gasteiger partial charge in [-0.25, -0.2) is 19.7 Å². The van der Waals surface area contributed by atoms with Crippen molar-refractivity contribution in [3.05, 3.63) is 12.7 Å². The second-order valence-corrected chi connectivity index (χ2v) is 8.35. The molecule has 12 heteroatoms. The minimum absolute atomic E-state index is 0.207. The van der Waals surface area contributed by atoms with Crippen molar-refractivity contribution < 1.29 is 24.5 Å². The lowest BCUT2D eigenvalue weighted by molar-refractivity contribution is -0.124. The van der Waals surface area contributed by atoms with Crippen LogP contribution in [0.1, 0.15) is 40.2 Å². The number of alkyl carbamates (subject to hydrolysis) is 1. The summed E-state index contributed by atoms with van der Waals surface area (Å²) in [6.45, 7) is 6.64. The molecule has 12 nitrogen and oxygen atoms in total.